The van der Waals surface area contributed by atoms with Gasteiger partial charge in [-0.2, -0.15) is 0 Å². The lowest BCUT2D eigenvalue weighted by Crippen LogP contribution is -2.18. The topological polar surface area (TPSA) is 15.3 Å². The van der Waals surface area contributed by atoms with Gasteiger partial charge in [0.15, 0.2) is 0 Å². The molecule has 1 N–H and O–H groups in total. The number of rotatable bonds is 4. The maximum absolute atomic E-state index is 3.27. The second-order valence-corrected chi connectivity index (χ2v) is 7.55. The number of benzene rings is 3. The van der Waals surface area contributed by atoms with Crippen molar-refractivity contribution in [3.05, 3.63) is 83.4 Å². The van der Waals surface area contributed by atoms with Gasteiger partial charge < -0.3 is 5.32 Å². The third-order valence-electron chi connectivity index (χ3n) is 5.41. The Morgan fingerprint density at radius 3 is 2.37 bits per heavy atom. The van der Waals surface area contributed by atoms with E-state index < -0.39 is 0 Å². The molecular formula is C25H32N2. The molecule has 1 aliphatic heterocycles. The van der Waals surface area contributed by atoms with Gasteiger partial charge in [0.2, 0.25) is 0 Å². The monoisotopic (exact) mass is 360 g/mol. The molecule has 142 valence electrons. The largest absolute Gasteiger partial charge is 0.313 e. The fourth-order valence-corrected chi connectivity index (χ4v) is 3.79. The zero-order chi connectivity index (χ0) is 19.1. The second kappa shape index (κ2) is 9.68. The average molecular weight is 361 g/mol. The average Bonchev–Trinajstić information content (AvgIpc) is 3.20. The Hall–Kier alpha value is -2.16. The van der Waals surface area contributed by atoms with Crippen molar-refractivity contribution in [2.45, 2.75) is 39.3 Å². The standard InChI is InChI=1S/C13H15N.C12H17N/c1-10(14-2)12-9-5-7-11-6-3-4-8-13(11)12;1-11-5-4-6-12(9-11)10-13-7-2-3-8-13/h3-10,14H,1-2H3;4-6,9H,2-3,7-8,10H2,1H3/t10-;/m1./s1. The summed E-state index contributed by atoms with van der Waals surface area (Å²) in [6, 6.07) is 24.2. The molecule has 0 unspecified atom stereocenters. The van der Waals surface area contributed by atoms with Crippen LogP contribution < -0.4 is 5.32 Å². The number of aryl methyl sites for hydroxylation is 1. The Labute approximate surface area is 164 Å². The van der Waals surface area contributed by atoms with Crippen molar-refractivity contribution in [2.24, 2.45) is 0 Å². The predicted octanol–water partition coefficient (Wildman–Crippen LogP) is 5.71. The summed E-state index contributed by atoms with van der Waals surface area (Å²) in [4.78, 5) is 2.54. The van der Waals surface area contributed by atoms with Crippen LogP contribution in [0, 0.1) is 6.92 Å². The molecule has 1 saturated heterocycles. The molecule has 2 heteroatoms. The van der Waals surface area contributed by atoms with Crippen LogP contribution in [0.1, 0.15) is 42.5 Å². The highest BCUT2D eigenvalue weighted by atomic mass is 15.1. The van der Waals surface area contributed by atoms with Crippen LogP contribution in [0.25, 0.3) is 10.8 Å². The van der Waals surface area contributed by atoms with Crippen molar-refractivity contribution in [1.82, 2.24) is 10.2 Å². The van der Waals surface area contributed by atoms with Crippen LogP contribution in [0.5, 0.6) is 0 Å². The molecule has 0 aliphatic carbocycles. The van der Waals surface area contributed by atoms with E-state index in [1.54, 1.807) is 0 Å². The highest BCUT2D eigenvalue weighted by molar-refractivity contribution is 5.86. The van der Waals surface area contributed by atoms with Gasteiger partial charge in [0.25, 0.3) is 0 Å². The van der Waals surface area contributed by atoms with E-state index in [-0.39, 0.29) is 0 Å². The van der Waals surface area contributed by atoms with Gasteiger partial charge in [0.1, 0.15) is 0 Å². The summed E-state index contributed by atoms with van der Waals surface area (Å²) < 4.78 is 0. The van der Waals surface area contributed by atoms with Crippen LogP contribution in [-0.2, 0) is 6.54 Å². The molecule has 0 spiro atoms. The Kier molecular flexibility index (Phi) is 7.03. The predicted molar refractivity (Wildman–Crippen MR) is 117 cm³/mol. The molecule has 1 fully saturated rings. The van der Waals surface area contributed by atoms with Crippen molar-refractivity contribution in [2.75, 3.05) is 20.1 Å². The zero-order valence-corrected chi connectivity index (χ0v) is 16.9. The van der Waals surface area contributed by atoms with Gasteiger partial charge in [-0.15, -0.1) is 0 Å². The van der Waals surface area contributed by atoms with Crippen LogP contribution in [0.4, 0.5) is 0 Å². The number of likely N-dealkylation sites (tertiary alicyclic amines) is 1. The third kappa shape index (κ3) is 5.41. The lowest BCUT2D eigenvalue weighted by Gasteiger charge is -2.14. The van der Waals surface area contributed by atoms with E-state index >= 15 is 0 Å². The molecule has 1 aliphatic rings. The minimum atomic E-state index is 0.404. The first-order chi connectivity index (χ1) is 13.2. The Morgan fingerprint density at radius 2 is 1.63 bits per heavy atom. The van der Waals surface area contributed by atoms with Crippen LogP contribution in [-0.4, -0.2) is 25.0 Å². The Balaban J connectivity index is 0.000000156. The summed E-state index contributed by atoms with van der Waals surface area (Å²) >= 11 is 0. The van der Waals surface area contributed by atoms with Gasteiger partial charge in [-0.05, 0) is 68.7 Å². The first-order valence-corrected chi connectivity index (χ1v) is 10.1. The second-order valence-electron chi connectivity index (χ2n) is 7.55. The maximum atomic E-state index is 3.27. The summed E-state index contributed by atoms with van der Waals surface area (Å²) in [7, 11) is 1.99. The van der Waals surface area contributed by atoms with Crippen LogP contribution in [0.15, 0.2) is 66.7 Å². The first-order valence-electron chi connectivity index (χ1n) is 10.1. The van der Waals surface area contributed by atoms with Gasteiger partial charge in [-0.1, -0.05) is 72.3 Å². The van der Waals surface area contributed by atoms with E-state index in [9.17, 15) is 0 Å². The zero-order valence-electron chi connectivity index (χ0n) is 16.9. The molecule has 0 radical (unpaired) electrons. The normalized spacial score (nSPS) is 15.4. The van der Waals surface area contributed by atoms with Crippen LogP contribution in [0.3, 0.4) is 0 Å². The quantitative estimate of drug-likeness (QED) is 0.641. The van der Waals surface area contributed by atoms with Gasteiger partial charge in [-0.25, -0.2) is 0 Å². The number of hydrogen-bond acceptors (Lipinski definition) is 2. The Morgan fingerprint density at radius 1 is 0.926 bits per heavy atom. The maximum Gasteiger partial charge on any atom is 0.0295 e. The first kappa shape index (κ1) is 19.6. The van der Waals surface area contributed by atoms with Gasteiger partial charge in [0.05, 0.1) is 0 Å². The third-order valence-corrected chi connectivity index (χ3v) is 5.41. The van der Waals surface area contributed by atoms with E-state index in [1.165, 1.54) is 53.4 Å². The smallest absolute Gasteiger partial charge is 0.0295 e. The van der Waals surface area contributed by atoms with Crippen LogP contribution >= 0.6 is 0 Å². The van der Waals surface area contributed by atoms with E-state index in [2.05, 4.69) is 90.8 Å². The molecular weight excluding hydrogens is 328 g/mol. The Bertz CT molecular complexity index is 844. The van der Waals surface area contributed by atoms with E-state index in [0.29, 0.717) is 6.04 Å². The molecule has 1 atom stereocenters. The number of hydrogen-bond donors (Lipinski definition) is 1. The highest BCUT2D eigenvalue weighted by Crippen LogP contribution is 2.23. The van der Waals surface area contributed by atoms with Crippen molar-refractivity contribution in [3.63, 3.8) is 0 Å². The molecule has 0 amide bonds. The van der Waals surface area contributed by atoms with Crippen LogP contribution in [0.2, 0.25) is 0 Å². The lowest BCUT2D eigenvalue weighted by molar-refractivity contribution is 0.331. The molecule has 0 aromatic heterocycles. The van der Waals surface area contributed by atoms with Gasteiger partial charge >= 0.3 is 0 Å². The summed E-state index contributed by atoms with van der Waals surface area (Å²) in [5, 5.41) is 5.93. The van der Waals surface area contributed by atoms with Gasteiger partial charge in [0, 0.05) is 12.6 Å². The minimum absolute atomic E-state index is 0.404. The molecule has 1 heterocycles. The van der Waals surface area contributed by atoms with Crippen molar-refractivity contribution in [3.8, 4) is 0 Å². The van der Waals surface area contributed by atoms with Gasteiger partial charge in [-0.3, -0.25) is 4.90 Å². The molecule has 3 aromatic rings. The lowest BCUT2D eigenvalue weighted by atomic mass is 10.00. The fourth-order valence-electron chi connectivity index (χ4n) is 3.79. The minimum Gasteiger partial charge on any atom is -0.313 e. The highest BCUT2D eigenvalue weighted by Gasteiger charge is 2.11. The van der Waals surface area contributed by atoms with E-state index in [1.807, 2.05) is 7.05 Å². The number of nitrogens with zero attached hydrogens (tertiary/aromatic N) is 1. The molecule has 0 bridgehead atoms. The number of nitrogens with one attached hydrogen (secondary N) is 1. The van der Waals surface area contributed by atoms with Crippen molar-refractivity contribution in [1.29, 1.82) is 0 Å². The summed E-state index contributed by atoms with van der Waals surface area (Å²) in [5.41, 5.74) is 4.20. The van der Waals surface area contributed by atoms with E-state index in [4.69, 9.17) is 0 Å². The summed E-state index contributed by atoms with van der Waals surface area (Å²) in [5.74, 6) is 0. The van der Waals surface area contributed by atoms with Crippen molar-refractivity contribution >= 4 is 10.8 Å². The molecule has 4 rings (SSSR count). The molecule has 0 saturated carbocycles. The summed E-state index contributed by atoms with van der Waals surface area (Å²) in [6.45, 7) is 8.05. The van der Waals surface area contributed by atoms with E-state index in [0.717, 1.165) is 6.54 Å². The molecule has 27 heavy (non-hydrogen) atoms. The fraction of sp³-hybridized carbons (Fsp3) is 0.360. The number of fused-ring (bicyclic) bond motifs is 1. The van der Waals surface area contributed by atoms with Crippen molar-refractivity contribution < 1.29 is 0 Å². The molecule has 3 aromatic carbocycles. The summed E-state index contributed by atoms with van der Waals surface area (Å²) in [6.07, 6.45) is 2.76. The SMILES string of the molecule is CN[C@H](C)c1cccc2ccccc12.Cc1cccc(CN2CCCC2)c1. The molecule has 2 nitrogen and oxygen atoms in total.